The molecule has 1 fully saturated rings. The van der Waals surface area contributed by atoms with Gasteiger partial charge in [0.05, 0.1) is 13.2 Å². The lowest BCUT2D eigenvalue weighted by atomic mass is 9.90. The molecular formula is C17H30O4. The number of esters is 2. The predicted molar refractivity (Wildman–Crippen MR) is 81.8 cm³/mol. The molecule has 1 saturated carbocycles. The van der Waals surface area contributed by atoms with Gasteiger partial charge in [-0.1, -0.05) is 33.1 Å². The SMILES string of the molecule is CC(C)COC(=O)CCCCC(=O)OCC1CCCCC1. The number of rotatable bonds is 9. The van der Waals surface area contributed by atoms with Crippen LogP contribution in [0.4, 0.5) is 0 Å². The summed E-state index contributed by atoms with van der Waals surface area (Å²) in [5, 5.41) is 0. The topological polar surface area (TPSA) is 52.6 Å². The molecule has 0 amide bonds. The summed E-state index contributed by atoms with van der Waals surface area (Å²) in [7, 11) is 0. The van der Waals surface area contributed by atoms with Crippen molar-refractivity contribution >= 4 is 11.9 Å². The molecule has 0 aromatic heterocycles. The van der Waals surface area contributed by atoms with E-state index in [0.29, 0.717) is 50.7 Å². The Morgan fingerprint density at radius 2 is 1.52 bits per heavy atom. The number of hydrogen-bond donors (Lipinski definition) is 0. The van der Waals surface area contributed by atoms with Crippen LogP contribution in [-0.4, -0.2) is 25.2 Å². The van der Waals surface area contributed by atoms with Gasteiger partial charge in [0.15, 0.2) is 0 Å². The van der Waals surface area contributed by atoms with Gasteiger partial charge in [-0.2, -0.15) is 0 Å². The third kappa shape index (κ3) is 9.48. The van der Waals surface area contributed by atoms with E-state index in [0.717, 1.165) is 0 Å². The van der Waals surface area contributed by atoms with Crippen LogP contribution in [0.5, 0.6) is 0 Å². The Morgan fingerprint density at radius 3 is 2.10 bits per heavy atom. The van der Waals surface area contributed by atoms with E-state index < -0.39 is 0 Å². The fraction of sp³-hybridized carbons (Fsp3) is 0.882. The molecule has 0 unspecified atom stereocenters. The maximum atomic E-state index is 11.6. The average molecular weight is 298 g/mol. The Hall–Kier alpha value is -1.06. The Kier molecular flexibility index (Phi) is 9.11. The van der Waals surface area contributed by atoms with Crippen LogP contribution in [0.3, 0.4) is 0 Å². The first-order chi connectivity index (χ1) is 10.1. The van der Waals surface area contributed by atoms with Gasteiger partial charge < -0.3 is 9.47 Å². The zero-order chi connectivity index (χ0) is 15.5. The Balaban J connectivity index is 1.96. The van der Waals surface area contributed by atoms with Gasteiger partial charge in [0.1, 0.15) is 0 Å². The summed E-state index contributed by atoms with van der Waals surface area (Å²) < 4.78 is 10.4. The highest BCUT2D eigenvalue weighted by atomic mass is 16.5. The summed E-state index contributed by atoms with van der Waals surface area (Å²) in [6.07, 6.45) is 8.41. The minimum atomic E-state index is -0.167. The van der Waals surface area contributed by atoms with Gasteiger partial charge in [-0.25, -0.2) is 0 Å². The highest BCUT2D eigenvalue weighted by Gasteiger charge is 2.15. The minimum Gasteiger partial charge on any atom is -0.465 e. The first-order valence-corrected chi connectivity index (χ1v) is 8.39. The summed E-state index contributed by atoms with van der Waals surface area (Å²) in [6.45, 7) is 5.07. The first-order valence-electron chi connectivity index (χ1n) is 8.39. The molecule has 1 rings (SSSR count). The summed E-state index contributed by atoms with van der Waals surface area (Å²) >= 11 is 0. The van der Waals surface area contributed by atoms with Crippen molar-refractivity contribution in [2.75, 3.05) is 13.2 Å². The quantitative estimate of drug-likeness (QED) is 0.479. The molecule has 1 aliphatic rings. The van der Waals surface area contributed by atoms with Crippen LogP contribution in [0.15, 0.2) is 0 Å². The van der Waals surface area contributed by atoms with E-state index in [-0.39, 0.29) is 11.9 Å². The van der Waals surface area contributed by atoms with Gasteiger partial charge >= 0.3 is 11.9 Å². The van der Waals surface area contributed by atoms with Crippen molar-refractivity contribution in [2.24, 2.45) is 11.8 Å². The van der Waals surface area contributed by atoms with Crippen molar-refractivity contribution in [1.82, 2.24) is 0 Å². The van der Waals surface area contributed by atoms with E-state index in [2.05, 4.69) is 0 Å². The van der Waals surface area contributed by atoms with Crippen molar-refractivity contribution in [3.8, 4) is 0 Å². The van der Waals surface area contributed by atoms with E-state index >= 15 is 0 Å². The summed E-state index contributed by atoms with van der Waals surface area (Å²) in [4.78, 5) is 23.0. The molecule has 0 spiro atoms. The minimum absolute atomic E-state index is 0.129. The van der Waals surface area contributed by atoms with E-state index in [1.165, 1.54) is 32.1 Å². The smallest absolute Gasteiger partial charge is 0.305 e. The van der Waals surface area contributed by atoms with Crippen molar-refractivity contribution in [3.63, 3.8) is 0 Å². The van der Waals surface area contributed by atoms with Crippen LogP contribution >= 0.6 is 0 Å². The molecule has 0 bridgehead atoms. The van der Waals surface area contributed by atoms with Crippen LogP contribution < -0.4 is 0 Å². The second-order valence-electron chi connectivity index (χ2n) is 6.47. The van der Waals surface area contributed by atoms with E-state index in [1.807, 2.05) is 13.8 Å². The number of carbonyl (C=O) groups excluding carboxylic acids is 2. The average Bonchev–Trinajstić information content (AvgIpc) is 2.48. The number of hydrogen-bond acceptors (Lipinski definition) is 4. The summed E-state index contributed by atoms with van der Waals surface area (Å²) in [5.41, 5.74) is 0. The highest BCUT2D eigenvalue weighted by Crippen LogP contribution is 2.23. The standard InChI is InChI=1S/C17H30O4/c1-14(2)12-20-16(18)10-6-7-11-17(19)21-13-15-8-4-3-5-9-15/h14-15H,3-13H2,1-2H3. The number of ether oxygens (including phenoxy) is 2. The third-order valence-corrected chi connectivity index (χ3v) is 3.79. The van der Waals surface area contributed by atoms with Crippen LogP contribution in [0.25, 0.3) is 0 Å². The van der Waals surface area contributed by atoms with E-state index in [1.54, 1.807) is 0 Å². The molecule has 0 aliphatic heterocycles. The van der Waals surface area contributed by atoms with Gasteiger partial charge in [0, 0.05) is 12.8 Å². The lowest BCUT2D eigenvalue weighted by Crippen LogP contribution is -2.16. The summed E-state index contributed by atoms with van der Waals surface area (Å²) in [6, 6.07) is 0. The van der Waals surface area contributed by atoms with Gasteiger partial charge in [-0.15, -0.1) is 0 Å². The molecule has 21 heavy (non-hydrogen) atoms. The van der Waals surface area contributed by atoms with Crippen LogP contribution in [0, 0.1) is 11.8 Å². The molecule has 0 N–H and O–H groups in total. The highest BCUT2D eigenvalue weighted by molar-refractivity contribution is 5.70. The van der Waals surface area contributed by atoms with E-state index in [4.69, 9.17) is 9.47 Å². The molecule has 122 valence electrons. The molecule has 0 atom stereocenters. The van der Waals surface area contributed by atoms with Crippen LogP contribution in [-0.2, 0) is 19.1 Å². The van der Waals surface area contributed by atoms with Crippen molar-refractivity contribution < 1.29 is 19.1 Å². The predicted octanol–water partition coefficient (Wildman–Crippen LogP) is 3.87. The Labute approximate surface area is 128 Å². The largest absolute Gasteiger partial charge is 0.465 e. The molecule has 4 heteroatoms. The maximum absolute atomic E-state index is 11.6. The summed E-state index contributed by atoms with van der Waals surface area (Å²) in [5.74, 6) is 0.632. The molecular weight excluding hydrogens is 268 g/mol. The second-order valence-corrected chi connectivity index (χ2v) is 6.47. The molecule has 0 saturated heterocycles. The molecule has 0 aromatic rings. The molecule has 0 heterocycles. The van der Waals surface area contributed by atoms with Crippen molar-refractivity contribution in [1.29, 1.82) is 0 Å². The zero-order valence-corrected chi connectivity index (χ0v) is 13.6. The van der Waals surface area contributed by atoms with Crippen molar-refractivity contribution in [3.05, 3.63) is 0 Å². The van der Waals surface area contributed by atoms with Crippen molar-refractivity contribution in [2.45, 2.75) is 71.6 Å². The normalized spacial score (nSPS) is 16.0. The van der Waals surface area contributed by atoms with Gasteiger partial charge in [-0.3, -0.25) is 9.59 Å². The Bertz CT molecular complexity index is 306. The second kappa shape index (κ2) is 10.6. The fourth-order valence-corrected chi connectivity index (χ4v) is 2.51. The number of unbranched alkanes of at least 4 members (excludes halogenated alkanes) is 1. The maximum Gasteiger partial charge on any atom is 0.305 e. The fourth-order valence-electron chi connectivity index (χ4n) is 2.51. The molecule has 0 radical (unpaired) electrons. The van der Waals surface area contributed by atoms with Crippen LogP contribution in [0.2, 0.25) is 0 Å². The van der Waals surface area contributed by atoms with Gasteiger partial charge in [-0.05, 0) is 37.5 Å². The number of carbonyl (C=O) groups is 2. The van der Waals surface area contributed by atoms with Crippen LogP contribution in [0.1, 0.15) is 71.6 Å². The lowest BCUT2D eigenvalue weighted by molar-refractivity contribution is -0.147. The molecule has 0 aromatic carbocycles. The lowest BCUT2D eigenvalue weighted by Gasteiger charge is -2.20. The monoisotopic (exact) mass is 298 g/mol. The molecule has 1 aliphatic carbocycles. The third-order valence-electron chi connectivity index (χ3n) is 3.79. The van der Waals surface area contributed by atoms with Gasteiger partial charge in [0.25, 0.3) is 0 Å². The first kappa shape index (κ1) is 18.0. The zero-order valence-electron chi connectivity index (χ0n) is 13.6. The van der Waals surface area contributed by atoms with E-state index in [9.17, 15) is 9.59 Å². The molecule has 4 nitrogen and oxygen atoms in total. The van der Waals surface area contributed by atoms with Gasteiger partial charge in [0.2, 0.25) is 0 Å². The Morgan fingerprint density at radius 1 is 0.952 bits per heavy atom.